The Kier molecular flexibility index (Phi) is 3.78. The Balaban J connectivity index is 1.66. The number of aliphatic carboxylic acids is 1. The van der Waals surface area contributed by atoms with Crippen molar-refractivity contribution in [3.8, 4) is 0 Å². The molecule has 7 nitrogen and oxygen atoms in total. The van der Waals surface area contributed by atoms with E-state index in [0.29, 0.717) is 21.6 Å². The molecule has 2 amide bonds. The number of thiophene rings is 1. The minimum absolute atomic E-state index is 0.203. The number of carboxylic acid groups (broad SMARTS) is 1. The van der Waals surface area contributed by atoms with Crippen LogP contribution in [0.3, 0.4) is 0 Å². The number of benzene rings is 1. The summed E-state index contributed by atoms with van der Waals surface area (Å²) in [5.74, 6) is -1.11. The van der Waals surface area contributed by atoms with Gasteiger partial charge in [0.05, 0.1) is 11.4 Å². The predicted molar refractivity (Wildman–Crippen MR) is 88.0 cm³/mol. The molecule has 0 saturated carbocycles. The molecule has 1 aromatic carbocycles. The van der Waals surface area contributed by atoms with E-state index in [2.05, 4.69) is 0 Å². The third kappa shape index (κ3) is 2.50. The van der Waals surface area contributed by atoms with Crippen molar-refractivity contribution in [2.24, 2.45) is 0 Å². The average molecular weight is 358 g/mol. The second-order valence-electron chi connectivity index (χ2n) is 5.86. The molecular formula is C17H14N2O5S. The van der Waals surface area contributed by atoms with Gasteiger partial charge in [-0.2, -0.15) is 5.06 Å². The van der Waals surface area contributed by atoms with E-state index in [1.807, 2.05) is 30.3 Å². The molecule has 2 aliphatic rings. The Hall–Kier alpha value is -2.71. The summed E-state index contributed by atoms with van der Waals surface area (Å²) in [6, 6.07) is 9.10. The highest BCUT2D eigenvalue weighted by atomic mass is 32.1. The van der Waals surface area contributed by atoms with Gasteiger partial charge in [-0.25, -0.2) is 9.59 Å². The molecule has 2 aromatic rings. The lowest BCUT2D eigenvalue weighted by Crippen LogP contribution is -2.37. The second-order valence-corrected chi connectivity index (χ2v) is 6.98. The van der Waals surface area contributed by atoms with Crippen molar-refractivity contribution < 1.29 is 24.3 Å². The number of hydrogen-bond donors (Lipinski definition) is 1. The van der Waals surface area contributed by atoms with Gasteiger partial charge in [0, 0.05) is 4.88 Å². The number of urea groups is 1. The van der Waals surface area contributed by atoms with Gasteiger partial charge in [-0.15, -0.1) is 11.3 Å². The number of hydroxylamine groups is 2. The molecule has 0 aliphatic carbocycles. The normalized spacial score (nSPS) is 21.4. The molecule has 1 saturated heterocycles. The van der Waals surface area contributed by atoms with Crippen molar-refractivity contribution in [2.75, 3.05) is 6.54 Å². The molecule has 2 bridgehead atoms. The topological polar surface area (TPSA) is 87.2 Å². The van der Waals surface area contributed by atoms with Crippen LogP contribution >= 0.6 is 11.3 Å². The number of amides is 2. The largest absolute Gasteiger partial charge is 0.479 e. The molecule has 8 heteroatoms. The summed E-state index contributed by atoms with van der Waals surface area (Å²) in [6.07, 6.45) is 0.696. The minimum atomic E-state index is -1.11. The summed E-state index contributed by atoms with van der Waals surface area (Å²) in [7, 11) is 0. The maximum atomic E-state index is 12.6. The van der Waals surface area contributed by atoms with Gasteiger partial charge in [-0.05, 0) is 17.2 Å². The number of carboxylic acids is 1. The Morgan fingerprint density at radius 1 is 1.36 bits per heavy atom. The summed E-state index contributed by atoms with van der Waals surface area (Å²) in [4.78, 5) is 43.4. The molecule has 0 unspecified atom stereocenters. The summed E-state index contributed by atoms with van der Waals surface area (Å²) in [5, 5.41) is 10.8. The summed E-state index contributed by atoms with van der Waals surface area (Å²) in [6.45, 7) is 0.432. The molecule has 1 aromatic heterocycles. The zero-order valence-corrected chi connectivity index (χ0v) is 13.8. The summed E-state index contributed by atoms with van der Waals surface area (Å²) < 4.78 is 0. The zero-order valence-electron chi connectivity index (χ0n) is 13.0. The first-order valence-corrected chi connectivity index (χ1v) is 8.50. The monoisotopic (exact) mass is 358 g/mol. The standard InChI is InChI=1S/C17H14N2O5S/c20-8-11-6-12-13-7-18(14(16(21)22)15(12)25-11)17(23)19(13)24-9-10-4-2-1-3-5-10/h1-6,8,13-14H,7,9H2,(H,21,22)/t13-,14-/m0/s1. The van der Waals surface area contributed by atoms with Crippen LogP contribution in [0.5, 0.6) is 0 Å². The van der Waals surface area contributed by atoms with Gasteiger partial charge in [0.25, 0.3) is 0 Å². The molecule has 1 fully saturated rings. The highest BCUT2D eigenvalue weighted by Crippen LogP contribution is 2.47. The van der Waals surface area contributed by atoms with E-state index in [1.165, 1.54) is 9.96 Å². The number of carbonyl (C=O) groups excluding carboxylic acids is 2. The van der Waals surface area contributed by atoms with E-state index in [0.717, 1.165) is 16.9 Å². The number of nitrogens with zero attached hydrogens (tertiary/aromatic N) is 2. The molecular weight excluding hydrogens is 344 g/mol. The van der Waals surface area contributed by atoms with Crippen LogP contribution in [0.25, 0.3) is 0 Å². The first-order chi connectivity index (χ1) is 12.1. The summed E-state index contributed by atoms with van der Waals surface area (Å²) >= 11 is 1.11. The van der Waals surface area contributed by atoms with Crippen LogP contribution in [0, 0.1) is 0 Å². The molecule has 2 aliphatic heterocycles. The van der Waals surface area contributed by atoms with Gasteiger partial charge in [0.15, 0.2) is 12.3 Å². The summed E-state index contributed by atoms with van der Waals surface area (Å²) in [5.41, 5.74) is 1.58. The van der Waals surface area contributed by atoms with Gasteiger partial charge in [-0.1, -0.05) is 30.3 Å². The van der Waals surface area contributed by atoms with Crippen LogP contribution in [-0.2, 0) is 16.2 Å². The van der Waals surface area contributed by atoms with Crippen LogP contribution in [0.2, 0.25) is 0 Å². The third-order valence-electron chi connectivity index (χ3n) is 4.38. The van der Waals surface area contributed by atoms with E-state index in [4.69, 9.17) is 4.84 Å². The van der Waals surface area contributed by atoms with Crippen LogP contribution < -0.4 is 0 Å². The molecule has 3 heterocycles. The minimum Gasteiger partial charge on any atom is -0.479 e. The molecule has 128 valence electrons. The molecule has 0 radical (unpaired) electrons. The molecule has 1 N–H and O–H groups in total. The van der Waals surface area contributed by atoms with Crippen molar-refractivity contribution in [3.63, 3.8) is 0 Å². The van der Waals surface area contributed by atoms with E-state index in [1.54, 1.807) is 6.07 Å². The molecule has 0 spiro atoms. The van der Waals surface area contributed by atoms with Gasteiger partial charge in [0.2, 0.25) is 0 Å². The Bertz CT molecular complexity index is 850. The van der Waals surface area contributed by atoms with Gasteiger partial charge >= 0.3 is 12.0 Å². The van der Waals surface area contributed by atoms with Gasteiger partial charge in [-0.3, -0.25) is 9.63 Å². The fourth-order valence-corrected chi connectivity index (χ4v) is 4.40. The fourth-order valence-electron chi connectivity index (χ4n) is 3.26. The lowest BCUT2D eigenvalue weighted by atomic mass is 9.99. The highest BCUT2D eigenvalue weighted by Gasteiger charge is 2.52. The second kappa shape index (κ2) is 5.98. The lowest BCUT2D eigenvalue weighted by molar-refractivity contribution is -0.143. The molecule has 25 heavy (non-hydrogen) atoms. The van der Waals surface area contributed by atoms with Crippen LogP contribution in [0.1, 0.15) is 37.8 Å². The molecule has 4 rings (SSSR count). The van der Waals surface area contributed by atoms with Crippen LogP contribution in [-0.4, -0.2) is 39.9 Å². The van der Waals surface area contributed by atoms with Gasteiger partial charge in [0.1, 0.15) is 12.6 Å². The van der Waals surface area contributed by atoms with Crippen molar-refractivity contribution >= 4 is 29.6 Å². The van der Waals surface area contributed by atoms with Crippen molar-refractivity contribution in [3.05, 3.63) is 57.3 Å². The molecule has 2 atom stereocenters. The predicted octanol–water partition coefficient (Wildman–Crippen LogP) is 2.61. The lowest BCUT2D eigenvalue weighted by Gasteiger charge is -2.27. The quantitative estimate of drug-likeness (QED) is 0.830. The Morgan fingerprint density at radius 3 is 2.80 bits per heavy atom. The number of carbonyl (C=O) groups is 3. The van der Waals surface area contributed by atoms with E-state index >= 15 is 0 Å². The third-order valence-corrected chi connectivity index (χ3v) is 5.51. The number of hydrogen-bond acceptors (Lipinski definition) is 5. The zero-order chi connectivity index (χ0) is 17.6. The number of fused-ring (bicyclic) bond motifs is 4. The van der Waals surface area contributed by atoms with E-state index in [9.17, 15) is 19.5 Å². The Morgan fingerprint density at radius 2 is 2.12 bits per heavy atom. The van der Waals surface area contributed by atoms with Gasteiger partial charge < -0.3 is 10.0 Å². The maximum Gasteiger partial charge on any atom is 0.345 e. The van der Waals surface area contributed by atoms with Crippen molar-refractivity contribution in [1.82, 2.24) is 9.96 Å². The fraction of sp³-hybridized carbons (Fsp3) is 0.235. The SMILES string of the molecule is O=Cc1cc2c(s1)[C@@H](C(=O)O)N1C[C@@H]2N(OCc2ccccc2)C1=O. The van der Waals surface area contributed by atoms with Crippen molar-refractivity contribution in [1.29, 1.82) is 0 Å². The first-order valence-electron chi connectivity index (χ1n) is 7.68. The number of aldehydes is 1. The average Bonchev–Trinajstić information content (AvgIpc) is 3.16. The first kappa shape index (κ1) is 15.8. The highest BCUT2D eigenvalue weighted by molar-refractivity contribution is 7.14. The van der Waals surface area contributed by atoms with E-state index < -0.39 is 24.1 Å². The smallest absolute Gasteiger partial charge is 0.345 e. The van der Waals surface area contributed by atoms with Crippen LogP contribution in [0.15, 0.2) is 36.4 Å². The van der Waals surface area contributed by atoms with E-state index in [-0.39, 0.29) is 13.2 Å². The number of rotatable bonds is 5. The van der Waals surface area contributed by atoms with Crippen molar-refractivity contribution in [2.45, 2.75) is 18.7 Å². The van der Waals surface area contributed by atoms with Crippen LogP contribution in [0.4, 0.5) is 4.79 Å². The Labute approximate surface area is 147 Å². The maximum absolute atomic E-state index is 12.6.